The Balaban J connectivity index is 2.42. The lowest BCUT2D eigenvalue weighted by Crippen LogP contribution is -2.13. The van der Waals surface area contributed by atoms with E-state index in [1.165, 1.54) is 30.1 Å². The zero-order chi connectivity index (χ0) is 17.4. The lowest BCUT2D eigenvalue weighted by molar-refractivity contribution is 0.0697. The van der Waals surface area contributed by atoms with Crippen molar-refractivity contribution in [2.24, 2.45) is 0 Å². The average molecular weight is 339 g/mol. The minimum Gasteiger partial charge on any atom is -0.505 e. The fourth-order valence-electron chi connectivity index (χ4n) is 1.93. The number of phenols is 1. The van der Waals surface area contributed by atoms with Gasteiger partial charge in [0.2, 0.25) is 0 Å². The van der Waals surface area contributed by atoms with E-state index in [4.69, 9.17) is 5.11 Å². The maximum absolute atomic E-state index is 12.4. The predicted octanol–water partition coefficient (Wildman–Crippen LogP) is 1.98. The molecule has 0 unspecified atom stereocenters. The molecule has 1 aromatic heterocycles. The van der Waals surface area contributed by atoms with Crippen LogP contribution < -0.4 is 4.72 Å². The summed E-state index contributed by atoms with van der Waals surface area (Å²) >= 11 is 0. The Labute approximate surface area is 133 Å². The third-order valence-electron chi connectivity index (χ3n) is 3.21. The summed E-state index contributed by atoms with van der Waals surface area (Å²) < 4.78 is 28.4. The minimum absolute atomic E-state index is 0.00932. The summed E-state index contributed by atoms with van der Waals surface area (Å²) in [6.45, 7) is 5.18. The van der Waals surface area contributed by atoms with Crippen LogP contribution in [-0.4, -0.2) is 34.4 Å². The minimum atomic E-state index is -3.99. The molecule has 0 saturated heterocycles. The monoisotopic (exact) mass is 339 g/mol. The van der Waals surface area contributed by atoms with E-state index in [0.717, 1.165) is 6.07 Å². The van der Waals surface area contributed by atoms with Gasteiger partial charge in [-0.05, 0) is 38.5 Å². The van der Waals surface area contributed by atoms with Crippen LogP contribution in [0.5, 0.6) is 5.75 Å². The SMILES string of the molecule is Cc1cc(C(=O)O)cc(NS(=O)(=O)c2cnn(C(C)C)c2)c1O. The van der Waals surface area contributed by atoms with Crippen LogP contribution in [0.25, 0.3) is 0 Å². The molecule has 0 atom stereocenters. The summed E-state index contributed by atoms with van der Waals surface area (Å²) in [6.07, 6.45) is 2.55. The Morgan fingerprint density at radius 3 is 2.52 bits per heavy atom. The Morgan fingerprint density at radius 1 is 1.35 bits per heavy atom. The molecule has 0 radical (unpaired) electrons. The zero-order valence-electron chi connectivity index (χ0n) is 12.8. The second-order valence-electron chi connectivity index (χ2n) is 5.35. The number of aromatic nitrogens is 2. The van der Waals surface area contributed by atoms with E-state index in [9.17, 15) is 18.3 Å². The standard InChI is InChI=1S/C14H17N3O5S/c1-8(2)17-7-11(6-15-17)23(21,22)16-12-5-10(14(19)20)4-9(3)13(12)18/h4-8,16,18H,1-3H3,(H,19,20). The lowest BCUT2D eigenvalue weighted by Gasteiger charge is -2.11. The maximum atomic E-state index is 12.4. The third-order valence-corrected chi connectivity index (χ3v) is 4.53. The number of sulfonamides is 1. The van der Waals surface area contributed by atoms with Crippen LogP contribution in [0, 0.1) is 6.92 Å². The van der Waals surface area contributed by atoms with E-state index in [2.05, 4.69) is 9.82 Å². The molecule has 0 aliphatic carbocycles. The number of carboxylic acid groups (broad SMARTS) is 1. The number of carboxylic acids is 1. The molecule has 2 rings (SSSR count). The van der Waals surface area contributed by atoms with Gasteiger partial charge in [-0.25, -0.2) is 13.2 Å². The van der Waals surface area contributed by atoms with Gasteiger partial charge in [0.25, 0.3) is 10.0 Å². The number of phenolic OH excluding ortho intramolecular Hbond substituents is 1. The van der Waals surface area contributed by atoms with Crippen molar-refractivity contribution in [3.63, 3.8) is 0 Å². The summed E-state index contributed by atoms with van der Waals surface area (Å²) in [5, 5.41) is 22.9. The number of nitrogens with zero attached hydrogens (tertiary/aromatic N) is 2. The first kappa shape index (κ1) is 16.8. The summed E-state index contributed by atoms with van der Waals surface area (Å²) in [4.78, 5) is 11.0. The molecule has 0 bridgehead atoms. The number of carbonyl (C=O) groups is 1. The number of hydrogen-bond acceptors (Lipinski definition) is 5. The Kier molecular flexibility index (Phi) is 4.33. The molecule has 0 amide bonds. The van der Waals surface area contributed by atoms with Crippen LogP contribution in [0.4, 0.5) is 5.69 Å². The molecule has 0 saturated carbocycles. The Bertz CT molecular complexity index is 855. The number of rotatable bonds is 5. The van der Waals surface area contributed by atoms with E-state index < -0.39 is 16.0 Å². The fraction of sp³-hybridized carbons (Fsp3) is 0.286. The average Bonchev–Trinajstić information content (AvgIpc) is 2.94. The van der Waals surface area contributed by atoms with Crippen LogP contribution >= 0.6 is 0 Å². The van der Waals surface area contributed by atoms with Gasteiger partial charge < -0.3 is 10.2 Å². The van der Waals surface area contributed by atoms with Crippen LogP contribution in [0.2, 0.25) is 0 Å². The maximum Gasteiger partial charge on any atom is 0.335 e. The van der Waals surface area contributed by atoms with Crippen LogP contribution in [0.1, 0.15) is 35.8 Å². The molecule has 3 N–H and O–H groups in total. The van der Waals surface area contributed by atoms with Gasteiger partial charge in [-0.1, -0.05) is 0 Å². The van der Waals surface area contributed by atoms with Gasteiger partial charge in [0.05, 0.1) is 17.4 Å². The molecule has 8 nitrogen and oxygen atoms in total. The number of hydrogen-bond donors (Lipinski definition) is 3. The van der Waals surface area contributed by atoms with Gasteiger partial charge >= 0.3 is 5.97 Å². The number of aryl methyl sites for hydroxylation is 1. The van der Waals surface area contributed by atoms with E-state index in [0.29, 0.717) is 0 Å². The summed E-state index contributed by atoms with van der Waals surface area (Å²) in [5.41, 5.74) is -0.0731. The number of benzene rings is 1. The van der Waals surface area contributed by atoms with Crippen molar-refractivity contribution in [2.75, 3.05) is 4.72 Å². The molecular formula is C14H17N3O5S. The largest absolute Gasteiger partial charge is 0.505 e. The number of aromatic carboxylic acids is 1. The van der Waals surface area contributed by atoms with E-state index >= 15 is 0 Å². The zero-order valence-corrected chi connectivity index (χ0v) is 13.6. The normalized spacial score (nSPS) is 11.7. The number of anilines is 1. The first-order valence-electron chi connectivity index (χ1n) is 6.75. The second-order valence-corrected chi connectivity index (χ2v) is 7.03. The van der Waals surface area contributed by atoms with Crippen LogP contribution in [0.3, 0.4) is 0 Å². The molecule has 0 aliphatic heterocycles. The molecule has 0 fully saturated rings. The molecular weight excluding hydrogens is 322 g/mol. The topological polar surface area (TPSA) is 122 Å². The quantitative estimate of drug-likeness (QED) is 0.716. The lowest BCUT2D eigenvalue weighted by atomic mass is 10.1. The van der Waals surface area contributed by atoms with Crippen molar-refractivity contribution < 1.29 is 23.4 Å². The highest BCUT2D eigenvalue weighted by Crippen LogP contribution is 2.31. The highest BCUT2D eigenvalue weighted by Gasteiger charge is 2.21. The van der Waals surface area contributed by atoms with Gasteiger partial charge in [0, 0.05) is 12.2 Å². The van der Waals surface area contributed by atoms with E-state index in [-0.39, 0.29) is 33.5 Å². The van der Waals surface area contributed by atoms with Crippen molar-refractivity contribution in [3.8, 4) is 5.75 Å². The van der Waals surface area contributed by atoms with Gasteiger partial charge in [-0.15, -0.1) is 0 Å². The third kappa shape index (κ3) is 3.45. The van der Waals surface area contributed by atoms with Crippen LogP contribution in [-0.2, 0) is 10.0 Å². The number of aromatic hydroxyl groups is 1. The Morgan fingerprint density at radius 2 is 2.00 bits per heavy atom. The molecule has 9 heteroatoms. The van der Waals surface area contributed by atoms with Gasteiger partial charge in [0.1, 0.15) is 10.6 Å². The molecule has 1 aromatic carbocycles. The Hall–Kier alpha value is -2.55. The highest BCUT2D eigenvalue weighted by molar-refractivity contribution is 7.92. The molecule has 1 heterocycles. The fourth-order valence-corrected chi connectivity index (χ4v) is 2.92. The summed E-state index contributed by atoms with van der Waals surface area (Å²) in [7, 11) is -3.99. The summed E-state index contributed by atoms with van der Waals surface area (Å²) in [5.74, 6) is -1.55. The van der Waals surface area contributed by atoms with E-state index in [1.54, 1.807) is 0 Å². The molecule has 0 spiro atoms. The van der Waals surface area contributed by atoms with Gasteiger partial charge in [-0.3, -0.25) is 9.40 Å². The highest BCUT2D eigenvalue weighted by atomic mass is 32.2. The van der Waals surface area contributed by atoms with Crippen LogP contribution in [0.15, 0.2) is 29.4 Å². The second kappa shape index (κ2) is 5.92. The molecule has 124 valence electrons. The van der Waals surface area contributed by atoms with Gasteiger partial charge in [0.15, 0.2) is 0 Å². The predicted molar refractivity (Wildman–Crippen MR) is 83.2 cm³/mol. The first-order chi connectivity index (χ1) is 10.6. The van der Waals surface area contributed by atoms with Crippen molar-refractivity contribution >= 4 is 21.7 Å². The molecule has 2 aromatic rings. The van der Waals surface area contributed by atoms with Gasteiger partial charge in [-0.2, -0.15) is 5.10 Å². The smallest absolute Gasteiger partial charge is 0.335 e. The van der Waals surface area contributed by atoms with Crippen molar-refractivity contribution in [1.29, 1.82) is 0 Å². The van der Waals surface area contributed by atoms with Crippen molar-refractivity contribution in [2.45, 2.75) is 31.7 Å². The molecule has 23 heavy (non-hydrogen) atoms. The molecule has 0 aliphatic rings. The summed E-state index contributed by atoms with van der Waals surface area (Å²) in [6, 6.07) is 2.31. The first-order valence-corrected chi connectivity index (χ1v) is 8.24. The van der Waals surface area contributed by atoms with E-state index in [1.807, 2.05) is 13.8 Å². The van der Waals surface area contributed by atoms with Crippen molar-refractivity contribution in [1.82, 2.24) is 9.78 Å². The number of nitrogens with one attached hydrogen (secondary N) is 1. The van der Waals surface area contributed by atoms with Crippen molar-refractivity contribution in [3.05, 3.63) is 35.7 Å².